The van der Waals surface area contributed by atoms with Crippen molar-refractivity contribution in [3.8, 4) is 0 Å². The molecular weight excluding hydrogens is 260 g/mol. The van der Waals surface area contributed by atoms with Gasteiger partial charge in [-0.05, 0) is 22.4 Å². The van der Waals surface area contributed by atoms with E-state index in [-0.39, 0.29) is 5.91 Å². The predicted molar refractivity (Wildman–Crippen MR) is 85.5 cm³/mol. The third-order valence-electron chi connectivity index (χ3n) is 3.21. The maximum absolute atomic E-state index is 12.2. The van der Waals surface area contributed by atoms with E-state index in [1.165, 1.54) is 0 Å². The van der Waals surface area contributed by atoms with Crippen molar-refractivity contribution in [2.24, 2.45) is 5.10 Å². The highest BCUT2D eigenvalue weighted by atomic mass is 16.2. The van der Waals surface area contributed by atoms with Gasteiger partial charge in [0.05, 0.1) is 6.21 Å². The Morgan fingerprint density at radius 1 is 0.857 bits per heavy atom. The maximum Gasteiger partial charge on any atom is 0.271 e. The van der Waals surface area contributed by atoms with Gasteiger partial charge in [-0.3, -0.25) is 4.79 Å². The summed E-state index contributed by atoms with van der Waals surface area (Å²) in [5.74, 6) is -0.209. The molecule has 0 saturated heterocycles. The molecule has 3 aromatic carbocycles. The van der Waals surface area contributed by atoms with Crippen molar-refractivity contribution in [2.45, 2.75) is 0 Å². The molecule has 0 aromatic heterocycles. The number of rotatable bonds is 3. The van der Waals surface area contributed by atoms with Crippen LogP contribution in [0.2, 0.25) is 0 Å². The van der Waals surface area contributed by atoms with Crippen LogP contribution in [0.5, 0.6) is 0 Å². The summed E-state index contributed by atoms with van der Waals surface area (Å²) in [5, 5.41) is 5.96. The molecule has 0 heterocycles. The molecule has 0 spiro atoms. The van der Waals surface area contributed by atoms with Gasteiger partial charge in [0.1, 0.15) is 0 Å². The van der Waals surface area contributed by atoms with Gasteiger partial charge in [0.15, 0.2) is 0 Å². The summed E-state index contributed by atoms with van der Waals surface area (Å²) >= 11 is 0. The van der Waals surface area contributed by atoms with Crippen LogP contribution in [0.15, 0.2) is 77.9 Å². The smallest absolute Gasteiger partial charge is 0.267 e. The van der Waals surface area contributed by atoms with Gasteiger partial charge < -0.3 is 0 Å². The first-order chi connectivity index (χ1) is 10.3. The molecule has 3 aromatic rings. The highest BCUT2D eigenvalue weighted by Gasteiger charge is 2.08. The molecule has 102 valence electrons. The van der Waals surface area contributed by atoms with E-state index < -0.39 is 0 Å². The summed E-state index contributed by atoms with van der Waals surface area (Å²) in [4.78, 5) is 12.2. The van der Waals surface area contributed by atoms with Crippen LogP contribution >= 0.6 is 0 Å². The zero-order valence-corrected chi connectivity index (χ0v) is 11.4. The monoisotopic (exact) mass is 274 g/mol. The Balaban J connectivity index is 1.80. The van der Waals surface area contributed by atoms with Crippen molar-refractivity contribution in [2.75, 3.05) is 0 Å². The van der Waals surface area contributed by atoms with Gasteiger partial charge in [-0.15, -0.1) is 0 Å². The van der Waals surface area contributed by atoms with Crippen molar-refractivity contribution in [1.82, 2.24) is 5.43 Å². The van der Waals surface area contributed by atoms with Crippen LogP contribution in [-0.2, 0) is 0 Å². The Morgan fingerprint density at radius 2 is 1.57 bits per heavy atom. The summed E-state index contributed by atoms with van der Waals surface area (Å²) in [6.45, 7) is 0. The van der Waals surface area contributed by atoms with Gasteiger partial charge in [0.2, 0.25) is 0 Å². The second kappa shape index (κ2) is 6.01. The minimum atomic E-state index is -0.209. The van der Waals surface area contributed by atoms with Gasteiger partial charge >= 0.3 is 0 Å². The number of hydrogen-bond donors (Lipinski definition) is 1. The number of hydrogen-bond acceptors (Lipinski definition) is 2. The SMILES string of the molecule is O=C(N/N=C\c1ccccc1)c1cccc2ccccc12. The lowest BCUT2D eigenvalue weighted by atomic mass is 10.0. The summed E-state index contributed by atoms with van der Waals surface area (Å²) in [5.41, 5.74) is 4.13. The van der Waals surface area contributed by atoms with E-state index >= 15 is 0 Å². The molecule has 0 aliphatic carbocycles. The standard InChI is InChI=1S/C18H14N2O/c21-18(20-19-13-14-7-2-1-3-8-14)17-12-6-10-15-9-4-5-11-16(15)17/h1-13H,(H,20,21)/b19-13-. The second-order valence-corrected chi connectivity index (χ2v) is 4.64. The number of nitrogens with one attached hydrogen (secondary N) is 1. The second-order valence-electron chi connectivity index (χ2n) is 4.64. The van der Waals surface area contributed by atoms with E-state index in [2.05, 4.69) is 10.5 Å². The first kappa shape index (κ1) is 13.1. The van der Waals surface area contributed by atoms with E-state index in [1.54, 1.807) is 12.3 Å². The third-order valence-corrected chi connectivity index (χ3v) is 3.21. The molecule has 0 aliphatic rings. The number of nitrogens with zero attached hydrogens (tertiary/aromatic N) is 1. The lowest BCUT2D eigenvalue weighted by Gasteiger charge is -2.04. The molecule has 0 fully saturated rings. The fraction of sp³-hybridized carbons (Fsp3) is 0. The van der Waals surface area contributed by atoms with Gasteiger partial charge in [-0.25, -0.2) is 5.43 Å². The van der Waals surface area contributed by atoms with Crippen molar-refractivity contribution in [1.29, 1.82) is 0 Å². The molecule has 0 atom stereocenters. The van der Waals surface area contributed by atoms with Crippen molar-refractivity contribution in [3.63, 3.8) is 0 Å². The minimum Gasteiger partial charge on any atom is -0.267 e. The summed E-state index contributed by atoms with van der Waals surface area (Å²) in [6, 6.07) is 23.1. The molecule has 0 bridgehead atoms. The molecule has 3 nitrogen and oxygen atoms in total. The zero-order valence-electron chi connectivity index (χ0n) is 11.4. The van der Waals surface area contributed by atoms with Crippen LogP contribution in [0.25, 0.3) is 10.8 Å². The highest BCUT2D eigenvalue weighted by molar-refractivity contribution is 6.07. The molecule has 21 heavy (non-hydrogen) atoms. The zero-order chi connectivity index (χ0) is 14.5. The molecule has 1 N–H and O–H groups in total. The average molecular weight is 274 g/mol. The largest absolute Gasteiger partial charge is 0.271 e. The van der Waals surface area contributed by atoms with Crippen LogP contribution in [0.4, 0.5) is 0 Å². The van der Waals surface area contributed by atoms with E-state index in [1.807, 2.05) is 66.7 Å². The Morgan fingerprint density at radius 3 is 2.43 bits per heavy atom. The average Bonchev–Trinajstić information content (AvgIpc) is 2.55. The Hall–Kier alpha value is -2.94. The first-order valence-electron chi connectivity index (χ1n) is 6.71. The van der Waals surface area contributed by atoms with E-state index in [0.717, 1.165) is 16.3 Å². The normalized spacial score (nSPS) is 10.9. The maximum atomic E-state index is 12.2. The van der Waals surface area contributed by atoms with Gasteiger partial charge in [0, 0.05) is 5.56 Å². The molecule has 1 amide bonds. The number of benzene rings is 3. The number of amides is 1. The van der Waals surface area contributed by atoms with Crippen LogP contribution in [-0.4, -0.2) is 12.1 Å². The fourth-order valence-electron chi connectivity index (χ4n) is 2.19. The Bertz CT molecular complexity index is 789. The highest BCUT2D eigenvalue weighted by Crippen LogP contribution is 2.18. The lowest BCUT2D eigenvalue weighted by Crippen LogP contribution is -2.17. The van der Waals surface area contributed by atoms with Crippen LogP contribution in [0, 0.1) is 0 Å². The topological polar surface area (TPSA) is 41.5 Å². The van der Waals surface area contributed by atoms with E-state index in [0.29, 0.717) is 5.56 Å². The molecular formula is C18H14N2O. The lowest BCUT2D eigenvalue weighted by molar-refractivity contribution is 0.0957. The molecule has 0 saturated carbocycles. The molecule has 3 heteroatoms. The van der Waals surface area contributed by atoms with Crippen LogP contribution in [0.3, 0.4) is 0 Å². The quantitative estimate of drug-likeness (QED) is 0.575. The Kier molecular flexibility index (Phi) is 3.74. The predicted octanol–water partition coefficient (Wildman–Crippen LogP) is 3.60. The Labute approximate surface area is 122 Å². The molecule has 0 unspecified atom stereocenters. The van der Waals surface area contributed by atoms with E-state index in [4.69, 9.17) is 0 Å². The van der Waals surface area contributed by atoms with Gasteiger partial charge in [0.25, 0.3) is 5.91 Å². The fourth-order valence-corrected chi connectivity index (χ4v) is 2.19. The summed E-state index contributed by atoms with van der Waals surface area (Å²) < 4.78 is 0. The van der Waals surface area contributed by atoms with Crippen LogP contribution < -0.4 is 5.43 Å². The van der Waals surface area contributed by atoms with Crippen molar-refractivity contribution >= 4 is 22.9 Å². The van der Waals surface area contributed by atoms with E-state index in [9.17, 15) is 4.79 Å². The van der Waals surface area contributed by atoms with Crippen LogP contribution in [0.1, 0.15) is 15.9 Å². The number of carbonyl (C=O) groups is 1. The summed E-state index contributed by atoms with van der Waals surface area (Å²) in [6.07, 6.45) is 1.63. The van der Waals surface area contributed by atoms with Gasteiger partial charge in [-0.2, -0.15) is 5.10 Å². The first-order valence-corrected chi connectivity index (χ1v) is 6.71. The number of fused-ring (bicyclic) bond motifs is 1. The molecule has 0 radical (unpaired) electrons. The molecule has 0 aliphatic heterocycles. The number of carbonyl (C=O) groups excluding carboxylic acids is 1. The third kappa shape index (κ3) is 2.98. The van der Waals surface area contributed by atoms with Crippen molar-refractivity contribution in [3.05, 3.63) is 83.9 Å². The number of hydrazone groups is 1. The van der Waals surface area contributed by atoms with Crippen molar-refractivity contribution < 1.29 is 4.79 Å². The molecule has 3 rings (SSSR count). The summed E-state index contributed by atoms with van der Waals surface area (Å²) in [7, 11) is 0. The minimum absolute atomic E-state index is 0.209. The van der Waals surface area contributed by atoms with Gasteiger partial charge in [-0.1, -0.05) is 66.7 Å².